The summed E-state index contributed by atoms with van der Waals surface area (Å²) in [5, 5.41) is 9.05. The maximum atomic E-state index is 13.4. The molecule has 0 saturated heterocycles. The first kappa shape index (κ1) is 19.2. The second kappa shape index (κ2) is 7.16. The molecule has 1 aliphatic heterocycles. The van der Waals surface area contributed by atoms with Crippen LogP contribution in [0.4, 0.5) is 4.39 Å². The topological polar surface area (TPSA) is 68.8 Å². The fourth-order valence-electron chi connectivity index (χ4n) is 4.04. The van der Waals surface area contributed by atoms with Gasteiger partial charge in [-0.2, -0.15) is 10.2 Å². The Kier molecular flexibility index (Phi) is 4.43. The maximum absolute atomic E-state index is 13.4. The van der Waals surface area contributed by atoms with Gasteiger partial charge in [-0.25, -0.2) is 4.39 Å². The summed E-state index contributed by atoms with van der Waals surface area (Å²) >= 11 is 0. The van der Waals surface area contributed by atoms with Crippen LogP contribution in [0.2, 0.25) is 0 Å². The van der Waals surface area contributed by atoms with E-state index in [9.17, 15) is 9.18 Å². The molecule has 0 N–H and O–H groups in total. The number of pyridine rings is 1. The molecule has 0 bridgehead atoms. The second-order valence-electron chi connectivity index (χ2n) is 7.81. The second-order valence-corrected chi connectivity index (χ2v) is 7.81. The minimum atomic E-state index is -0.304. The molecule has 0 saturated carbocycles. The first-order valence-corrected chi connectivity index (χ1v) is 9.97. The Balaban J connectivity index is 1.55. The van der Waals surface area contributed by atoms with Gasteiger partial charge in [0.05, 0.1) is 30.0 Å². The number of amides is 1. The number of nitrogens with zero attached hydrogens (tertiary/aromatic N) is 6. The lowest BCUT2D eigenvalue weighted by Crippen LogP contribution is -2.23. The molecule has 0 unspecified atom stereocenters. The zero-order valence-electron chi connectivity index (χ0n) is 17.5. The number of hydrogen-bond acceptors (Lipinski definition) is 4. The summed E-state index contributed by atoms with van der Waals surface area (Å²) < 4.78 is 16.9. The van der Waals surface area contributed by atoms with Crippen LogP contribution < -0.4 is 0 Å². The molecule has 0 atom stereocenters. The molecule has 0 radical (unpaired) electrons. The van der Waals surface area contributed by atoms with E-state index in [0.717, 1.165) is 33.8 Å². The lowest BCUT2D eigenvalue weighted by molar-refractivity contribution is 0.0764. The highest BCUT2D eigenvalue weighted by atomic mass is 19.1. The van der Waals surface area contributed by atoms with Crippen molar-refractivity contribution in [1.29, 1.82) is 0 Å². The zero-order chi connectivity index (χ0) is 21.7. The molecule has 1 aromatic carbocycles. The largest absolute Gasteiger partial charge is 0.327 e. The fraction of sp³-hybridized carbons (Fsp3) is 0.217. The average Bonchev–Trinajstić information content (AvgIpc) is 3.38. The SMILES string of the molecule is Cc1cc(CN2Cc3nccc(-c4cn(C)nc4-c4ccc(F)cc4)c3C2=O)nn1C. The van der Waals surface area contributed by atoms with Gasteiger partial charge in [-0.05, 0) is 43.3 Å². The molecular formula is C23H21FN6O. The van der Waals surface area contributed by atoms with Crippen LogP contribution in [0.1, 0.15) is 27.4 Å². The van der Waals surface area contributed by atoms with Crippen molar-refractivity contribution in [1.82, 2.24) is 29.4 Å². The van der Waals surface area contributed by atoms with Gasteiger partial charge in [0.2, 0.25) is 0 Å². The van der Waals surface area contributed by atoms with Crippen molar-refractivity contribution in [2.75, 3.05) is 0 Å². The number of carbonyl (C=O) groups is 1. The Hall–Kier alpha value is -3.81. The van der Waals surface area contributed by atoms with Crippen LogP contribution in [0, 0.1) is 12.7 Å². The Labute approximate surface area is 178 Å². The number of carbonyl (C=O) groups excluding carboxylic acids is 1. The molecule has 156 valence electrons. The molecule has 4 aromatic rings. The normalized spacial score (nSPS) is 13.2. The van der Waals surface area contributed by atoms with E-state index >= 15 is 0 Å². The van der Waals surface area contributed by atoms with Gasteiger partial charge in [-0.1, -0.05) is 0 Å². The minimum Gasteiger partial charge on any atom is -0.327 e. The molecule has 0 aliphatic carbocycles. The molecule has 3 aromatic heterocycles. The summed E-state index contributed by atoms with van der Waals surface area (Å²) in [6, 6.07) is 10.0. The predicted molar refractivity (Wildman–Crippen MR) is 113 cm³/mol. The molecule has 8 heteroatoms. The fourth-order valence-corrected chi connectivity index (χ4v) is 4.04. The first-order valence-electron chi connectivity index (χ1n) is 9.97. The lowest BCUT2D eigenvalue weighted by atomic mass is 9.97. The predicted octanol–water partition coefficient (Wildman–Crippen LogP) is 3.49. The number of fused-ring (bicyclic) bond motifs is 1. The summed E-state index contributed by atoms with van der Waals surface area (Å²) in [7, 11) is 3.72. The third-order valence-corrected chi connectivity index (χ3v) is 5.63. The molecule has 1 aliphatic rings. The van der Waals surface area contributed by atoms with Gasteiger partial charge in [0, 0.05) is 48.9 Å². The molecule has 5 rings (SSSR count). The van der Waals surface area contributed by atoms with Gasteiger partial charge >= 0.3 is 0 Å². The molecule has 4 heterocycles. The highest BCUT2D eigenvalue weighted by molar-refractivity contribution is 6.05. The number of aryl methyl sites for hydroxylation is 3. The van der Waals surface area contributed by atoms with Crippen LogP contribution in [0.25, 0.3) is 22.4 Å². The Morgan fingerprint density at radius 3 is 2.55 bits per heavy atom. The van der Waals surface area contributed by atoms with Gasteiger partial charge in [0.15, 0.2) is 0 Å². The van der Waals surface area contributed by atoms with Crippen molar-refractivity contribution in [3.63, 3.8) is 0 Å². The number of halogens is 1. The highest BCUT2D eigenvalue weighted by Crippen LogP contribution is 2.37. The highest BCUT2D eigenvalue weighted by Gasteiger charge is 2.33. The van der Waals surface area contributed by atoms with Gasteiger partial charge in [0.1, 0.15) is 11.5 Å². The zero-order valence-corrected chi connectivity index (χ0v) is 17.5. The summed E-state index contributed by atoms with van der Waals surface area (Å²) in [6.45, 7) is 2.84. The Morgan fingerprint density at radius 1 is 1.06 bits per heavy atom. The number of aromatic nitrogens is 5. The smallest absolute Gasteiger partial charge is 0.257 e. The van der Waals surface area contributed by atoms with Gasteiger partial charge in [-0.15, -0.1) is 0 Å². The van der Waals surface area contributed by atoms with Crippen molar-refractivity contribution >= 4 is 5.91 Å². The molecule has 7 nitrogen and oxygen atoms in total. The van der Waals surface area contributed by atoms with Crippen LogP contribution in [-0.2, 0) is 27.2 Å². The quantitative estimate of drug-likeness (QED) is 0.511. The summed E-state index contributed by atoms with van der Waals surface area (Å²) in [4.78, 5) is 19.6. The molecular weight excluding hydrogens is 395 g/mol. The maximum Gasteiger partial charge on any atom is 0.257 e. The van der Waals surface area contributed by atoms with Crippen molar-refractivity contribution in [3.05, 3.63) is 77.3 Å². The number of hydrogen-bond donors (Lipinski definition) is 0. The Bertz CT molecular complexity index is 1280. The Morgan fingerprint density at radius 2 is 1.84 bits per heavy atom. The molecule has 1 amide bonds. The van der Waals surface area contributed by atoms with Crippen molar-refractivity contribution in [2.24, 2.45) is 14.1 Å². The molecule has 0 spiro atoms. The first-order chi connectivity index (χ1) is 14.9. The van der Waals surface area contributed by atoms with Crippen LogP contribution >= 0.6 is 0 Å². The standard InChI is InChI=1S/C23H21FN6O/c1-14-10-17(26-29(14)3)11-30-13-20-21(23(30)31)18(8-9-25-20)19-12-28(2)27-22(19)15-4-6-16(24)7-5-15/h4-10,12H,11,13H2,1-3H3. The summed E-state index contributed by atoms with van der Waals surface area (Å²) in [6.07, 6.45) is 3.60. The van der Waals surface area contributed by atoms with Crippen LogP contribution in [-0.4, -0.2) is 35.4 Å². The van der Waals surface area contributed by atoms with E-state index in [4.69, 9.17) is 0 Å². The summed E-state index contributed by atoms with van der Waals surface area (Å²) in [5.41, 5.74) is 6.29. The monoisotopic (exact) mass is 416 g/mol. The number of rotatable bonds is 4. The van der Waals surface area contributed by atoms with Crippen LogP contribution in [0.15, 0.2) is 48.8 Å². The van der Waals surface area contributed by atoms with E-state index < -0.39 is 0 Å². The molecule has 0 fully saturated rings. The minimum absolute atomic E-state index is 0.0738. The summed E-state index contributed by atoms with van der Waals surface area (Å²) in [5.74, 6) is -0.378. The third kappa shape index (κ3) is 3.30. The number of benzene rings is 1. The van der Waals surface area contributed by atoms with Crippen molar-refractivity contribution in [2.45, 2.75) is 20.0 Å². The van der Waals surface area contributed by atoms with Crippen LogP contribution in [0.3, 0.4) is 0 Å². The molecule has 31 heavy (non-hydrogen) atoms. The van der Waals surface area contributed by atoms with E-state index in [0.29, 0.717) is 24.3 Å². The van der Waals surface area contributed by atoms with Gasteiger partial charge < -0.3 is 4.90 Å². The van der Waals surface area contributed by atoms with Gasteiger partial charge in [-0.3, -0.25) is 19.1 Å². The van der Waals surface area contributed by atoms with E-state index in [1.807, 2.05) is 39.3 Å². The van der Waals surface area contributed by atoms with Gasteiger partial charge in [0.25, 0.3) is 5.91 Å². The van der Waals surface area contributed by atoms with Crippen molar-refractivity contribution < 1.29 is 9.18 Å². The van der Waals surface area contributed by atoms with E-state index in [-0.39, 0.29) is 11.7 Å². The lowest BCUT2D eigenvalue weighted by Gasteiger charge is -2.13. The van der Waals surface area contributed by atoms with Crippen LogP contribution in [0.5, 0.6) is 0 Å². The van der Waals surface area contributed by atoms with E-state index in [1.54, 1.807) is 32.6 Å². The average molecular weight is 416 g/mol. The third-order valence-electron chi connectivity index (χ3n) is 5.63. The van der Waals surface area contributed by atoms with E-state index in [2.05, 4.69) is 15.2 Å². The van der Waals surface area contributed by atoms with E-state index in [1.165, 1.54) is 12.1 Å². The van der Waals surface area contributed by atoms with Crippen molar-refractivity contribution in [3.8, 4) is 22.4 Å².